The van der Waals surface area contributed by atoms with Crippen molar-refractivity contribution in [2.45, 2.75) is 30.4 Å². The summed E-state index contributed by atoms with van der Waals surface area (Å²) in [6.07, 6.45) is 9.16. The number of nitrogens with one attached hydrogen (secondary N) is 1. The first-order valence-corrected chi connectivity index (χ1v) is 7.84. The van der Waals surface area contributed by atoms with E-state index in [1.165, 1.54) is 25.7 Å². The third-order valence-electron chi connectivity index (χ3n) is 3.60. The first-order chi connectivity index (χ1) is 8.67. The molecule has 0 aliphatic heterocycles. The minimum atomic E-state index is 0.352. The fourth-order valence-corrected chi connectivity index (χ4v) is 3.54. The van der Waals surface area contributed by atoms with E-state index in [2.05, 4.69) is 16.6 Å². The van der Waals surface area contributed by atoms with Crippen LogP contribution in [0.15, 0.2) is 18.3 Å². The summed E-state index contributed by atoms with van der Waals surface area (Å²) in [5, 5.41) is 3.43. The van der Waals surface area contributed by atoms with Crippen LogP contribution in [0.4, 0.5) is 5.82 Å². The third kappa shape index (κ3) is 2.95. The molecule has 98 valence electrons. The molecule has 5 heteroatoms. The summed E-state index contributed by atoms with van der Waals surface area (Å²) in [4.78, 5) is 4.74. The van der Waals surface area contributed by atoms with Crippen molar-refractivity contribution in [1.82, 2.24) is 4.98 Å². The molecular formula is C13H19N3S2. The summed E-state index contributed by atoms with van der Waals surface area (Å²) >= 11 is 7.01. The van der Waals surface area contributed by atoms with Crippen LogP contribution in [-0.4, -0.2) is 27.5 Å². The van der Waals surface area contributed by atoms with Gasteiger partial charge < -0.3 is 11.1 Å². The quantitative estimate of drug-likeness (QED) is 0.813. The van der Waals surface area contributed by atoms with Gasteiger partial charge in [-0.2, -0.15) is 11.8 Å². The first kappa shape index (κ1) is 13.6. The molecule has 1 aromatic heterocycles. The number of hydrogen-bond acceptors (Lipinski definition) is 4. The second-order valence-electron chi connectivity index (χ2n) is 4.71. The summed E-state index contributed by atoms with van der Waals surface area (Å²) < 4.78 is 0.352. The van der Waals surface area contributed by atoms with Gasteiger partial charge in [-0.25, -0.2) is 4.98 Å². The highest BCUT2D eigenvalue weighted by Gasteiger charge is 2.32. The Bertz CT molecular complexity index is 428. The van der Waals surface area contributed by atoms with Crippen molar-refractivity contribution in [3.8, 4) is 0 Å². The Morgan fingerprint density at radius 3 is 2.89 bits per heavy atom. The lowest BCUT2D eigenvalue weighted by molar-refractivity contribution is 0.638. The molecule has 0 atom stereocenters. The van der Waals surface area contributed by atoms with Crippen molar-refractivity contribution < 1.29 is 0 Å². The summed E-state index contributed by atoms with van der Waals surface area (Å²) in [6.45, 7) is 0.931. The van der Waals surface area contributed by atoms with Crippen LogP contribution in [0.25, 0.3) is 0 Å². The Morgan fingerprint density at radius 2 is 2.28 bits per heavy atom. The highest BCUT2D eigenvalue weighted by atomic mass is 32.2. The van der Waals surface area contributed by atoms with Crippen molar-refractivity contribution in [3.63, 3.8) is 0 Å². The maximum Gasteiger partial charge on any atom is 0.136 e. The standard InChI is InChI=1S/C13H19N3S2/c1-18-13(6-2-3-7-13)9-16-12-10(11(14)17)5-4-8-15-12/h4-5,8H,2-3,6-7,9H2,1H3,(H2,14,17)(H,15,16). The molecule has 0 radical (unpaired) electrons. The van der Waals surface area contributed by atoms with E-state index in [1.807, 2.05) is 23.9 Å². The van der Waals surface area contributed by atoms with E-state index >= 15 is 0 Å². The summed E-state index contributed by atoms with van der Waals surface area (Å²) in [7, 11) is 0. The zero-order valence-corrected chi connectivity index (χ0v) is 12.2. The second kappa shape index (κ2) is 5.89. The largest absolute Gasteiger partial charge is 0.389 e. The van der Waals surface area contributed by atoms with Gasteiger partial charge in [-0.1, -0.05) is 25.1 Å². The number of pyridine rings is 1. The molecule has 1 aliphatic carbocycles. The number of thiocarbonyl (C=S) groups is 1. The average molecular weight is 281 g/mol. The fourth-order valence-electron chi connectivity index (χ4n) is 2.46. The minimum Gasteiger partial charge on any atom is -0.389 e. The van der Waals surface area contributed by atoms with Crippen LogP contribution in [0.5, 0.6) is 0 Å². The summed E-state index contributed by atoms with van der Waals surface area (Å²) in [5.41, 5.74) is 6.54. The van der Waals surface area contributed by atoms with Crippen molar-refractivity contribution in [1.29, 1.82) is 0 Å². The lowest BCUT2D eigenvalue weighted by atomic mass is 10.1. The maximum absolute atomic E-state index is 5.71. The van der Waals surface area contributed by atoms with Crippen molar-refractivity contribution in [2.75, 3.05) is 18.1 Å². The highest BCUT2D eigenvalue weighted by molar-refractivity contribution is 8.00. The molecule has 3 nitrogen and oxygen atoms in total. The molecule has 1 aliphatic rings. The zero-order valence-electron chi connectivity index (χ0n) is 10.6. The number of nitrogens with two attached hydrogens (primary N) is 1. The average Bonchev–Trinajstić information content (AvgIpc) is 2.86. The fraction of sp³-hybridized carbons (Fsp3) is 0.538. The molecule has 1 heterocycles. The number of nitrogens with zero attached hydrogens (tertiary/aromatic N) is 1. The number of hydrogen-bond donors (Lipinski definition) is 2. The van der Waals surface area contributed by atoms with Crippen LogP contribution >= 0.6 is 24.0 Å². The van der Waals surface area contributed by atoms with E-state index in [1.54, 1.807) is 6.20 Å². The van der Waals surface area contributed by atoms with Crippen LogP contribution in [0.2, 0.25) is 0 Å². The zero-order chi connectivity index (χ0) is 13.0. The number of aromatic nitrogens is 1. The van der Waals surface area contributed by atoms with Gasteiger partial charge in [0.05, 0.1) is 5.56 Å². The van der Waals surface area contributed by atoms with E-state index in [-0.39, 0.29) is 0 Å². The molecule has 2 rings (SSSR count). The van der Waals surface area contributed by atoms with E-state index in [0.29, 0.717) is 9.74 Å². The normalized spacial score (nSPS) is 17.6. The Labute approximate surface area is 118 Å². The van der Waals surface area contributed by atoms with Crippen molar-refractivity contribution in [2.24, 2.45) is 5.73 Å². The molecule has 1 fully saturated rings. The van der Waals surface area contributed by atoms with Crippen molar-refractivity contribution in [3.05, 3.63) is 23.9 Å². The Hall–Kier alpha value is -0.810. The SMILES string of the molecule is CSC1(CNc2ncccc2C(N)=S)CCCC1. The molecule has 0 bridgehead atoms. The van der Waals surface area contributed by atoms with Crippen LogP contribution in [0.1, 0.15) is 31.2 Å². The predicted molar refractivity (Wildman–Crippen MR) is 83.3 cm³/mol. The summed E-state index contributed by atoms with van der Waals surface area (Å²) in [5.74, 6) is 0.810. The number of rotatable bonds is 5. The van der Waals surface area contributed by atoms with E-state index in [4.69, 9.17) is 18.0 Å². The van der Waals surface area contributed by atoms with Gasteiger partial charge in [0.1, 0.15) is 10.8 Å². The van der Waals surface area contributed by atoms with Crippen LogP contribution < -0.4 is 11.1 Å². The Balaban J connectivity index is 2.08. The first-order valence-electron chi connectivity index (χ1n) is 6.21. The van der Waals surface area contributed by atoms with E-state index in [9.17, 15) is 0 Å². The van der Waals surface area contributed by atoms with Gasteiger partial charge >= 0.3 is 0 Å². The molecule has 3 N–H and O–H groups in total. The van der Waals surface area contributed by atoms with Gasteiger partial charge in [-0.15, -0.1) is 0 Å². The second-order valence-corrected chi connectivity index (χ2v) is 6.43. The smallest absolute Gasteiger partial charge is 0.136 e. The maximum atomic E-state index is 5.71. The summed E-state index contributed by atoms with van der Waals surface area (Å²) in [6, 6.07) is 3.78. The highest BCUT2D eigenvalue weighted by Crippen LogP contribution is 2.40. The number of anilines is 1. The molecule has 0 aromatic carbocycles. The minimum absolute atomic E-state index is 0.352. The van der Waals surface area contributed by atoms with Crippen LogP contribution in [0, 0.1) is 0 Å². The molecule has 0 spiro atoms. The van der Waals surface area contributed by atoms with Gasteiger partial charge in [0.25, 0.3) is 0 Å². The molecule has 0 unspecified atom stereocenters. The molecular weight excluding hydrogens is 262 g/mol. The van der Waals surface area contributed by atoms with E-state index in [0.717, 1.165) is 17.9 Å². The Morgan fingerprint density at radius 1 is 1.56 bits per heavy atom. The topological polar surface area (TPSA) is 50.9 Å². The van der Waals surface area contributed by atoms with Gasteiger partial charge in [0, 0.05) is 17.5 Å². The monoisotopic (exact) mass is 281 g/mol. The predicted octanol–water partition coefficient (Wildman–Crippen LogP) is 2.80. The van der Waals surface area contributed by atoms with Crippen LogP contribution in [-0.2, 0) is 0 Å². The Kier molecular flexibility index (Phi) is 4.45. The van der Waals surface area contributed by atoms with Crippen molar-refractivity contribution >= 4 is 34.8 Å². The molecule has 0 amide bonds. The molecule has 1 saturated carbocycles. The molecule has 0 saturated heterocycles. The van der Waals surface area contributed by atoms with E-state index < -0.39 is 0 Å². The third-order valence-corrected chi connectivity index (χ3v) is 5.24. The molecule has 18 heavy (non-hydrogen) atoms. The lowest BCUT2D eigenvalue weighted by Gasteiger charge is -2.27. The lowest BCUT2D eigenvalue weighted by Crippen LogP contribution is -2.31. The van der Waals surface area contributed by atoms with Gasteiger partial charge in [-0.05, 0) is 31.2 Å². The van der Waals surface area contributed by atoms with Gasteiger partial charge in [0.15, 0.2) is 0 Å². The molecule has 1 aromatic rings. The van der Waals surface area contributed by atoms with Gasteiger partial charge in [-0.3, -0.25) is 0 Å². The van der Waals surface area contributed by atoms with Crippen LogP contribution in [0.3, 0.4) is 0 Å². The number of thioether (sulfide) groups is 1. The van der Waals surface area contributed by atoms with Gasteiger partial charge in [0.2, 0.25) is 0 Å².